The van der Waals surface area contributed by atoms with Crippen LogP contribution in [0.5, 0.6) is 0 Å². The number of aliphatic carboxylic acids is 1. The Bertz CT molecular complexity index is 542. The molecular formula is C15H18ClNO3S. The Kier molecular flexibility index (Phi) is 5.53. The van der Waals surface area contributed by atoms with Crippen LogP contribution in [0.3, 0.4) is 0 Å². The van der Waals surface area contributed by atoms with Gasteiger partial charge in [0, 0.05) is 10.9 Å². The van der Waals surface area contributed by atoms with Crippen LogP contribution in [0.1, 0.15) is 36.0 Å². The Balaban J connectivity index is 1.98. The lowest BCUT2D eigenvalue weighted by atomic mass is 9.86. The van der Waals surface area contributed by atoms with Crippen LogP contribution >= 0.6 is 23.4 Å². The normalized spacial score (nSPS) is 21.8. The van der Waals surface area contributed by atoms with Crippen LogP contribution in [0, 0.1) is 5.92 Å². The highest BCUT2D eigenvalue weighted by atomic mass is 35.5. The van der Waals surface area contributed by atoms with Crippen molar-refractivity contribution in [3.8, 4) is 0 Å². The number of nitrogens with one attached hydrogen (secondary N) is 1. The first-order valence-corrected chi connectivity index (χ1v) is 8.48. The molecule has 0 heterocycles. The molecule has 1 aliphatic carbocycles. The van der Waals surface area contributed by atoms with Crippen molar-refractivity contribution < 1.29 is 14.7 Å². The van der Waals surface area contributed by atoms with E-state index in [-0.39, 0.29) is 17.9 Å². The predicted octanol–water partition coefficient (Wildman–Crippen LogP) is 3.44. The molecule has 1 amide bonds. The van der Waals surface area contributed by atoms with E-state index in [0.717, 1.165) is 4.90 Å². The van der Waals surface area contributed by atoms with Gasteiger partial charge in [-0.05, 0) is 50.1 Å². The van der Waals surface area contributed by atoms with Crippen LogP contribution in [0.4, 0.5) is 0 Å². The Hall–Kier alpha value is -1.20. The highest BCUT2D eigenvalue weighted by Crippen LogP contribution is 2.26. The number of benzene rings is 1. The average molecular weight is 328 g/mol. The minimum absolute atomic E-state index is 0.0297. The number of carbonyl (C=O) groups is 2. The minimum atomic E-state index is -0.740. The Morgan fingerprint density at radius 1 is 1.29 bits per heavy atom. The van der Waals surface area contributed by atoms with Gasteiger partial charge in [0.15, 0.2) is 0 Å². The molecule has 0 aromatic heterocycles. The van der Waals surface area contributed by atoms with Crippen molar-refractivity contribution >= 4 is 35.2 Å². The van der Waals surface area contributed by atoms with Crippen LogP contribution in [-0.4, -0.2) is 29.3 Å². The van der Waals surface area contributed by atoms with Gasteiger partial charge in [0.1, 0.15) is 0 Å². The van der Waals surface area contributed by atoms with E-state index in [1.807, 2.05) is 12.3 Å². The van der Waals surface area contributed by atoms with Crippen LogP contribution in [-0.2, 0) is 4.79 Å². The predicted molar refractivity (Wildman–Crippen MR) is 84.1 cm³/mol. The zero-order valence-corrected chi connectivity index (χ0v) is 13.3. The van der Waals surface area contributed by atoms with Gasteiger partial charge >= 0.3 is 5.97 Å². The van der Waals surface area contributed by atoms with Gasteiger partial charge < -0.3 is 10.4 Å². The fraction of sp³-hybridized carbons (Fsp3) is 0.467. The van der Waals surface area contributed by atoms with E-state index in [2.05, 4.69) is 5.32 Å². The molecule has 6 heteroatoms. The molecule has 4 nitrogen and oxygen atoms in total. The Morgan fingerprint density at radius 3 is 2.52 bits per heavy atom. The molecule has 0 unspecified atom stereocenters. The maximum atomic E-state index is 12.3. The Labute approximate surface area is 133 Å². The van der Waals surface area contributed by atoms with Crippen molar-refractivity contribution in [2.75, 3.05) is 6.26 Å². The molecule has 0 atom stereocenters. The summed E-state index contributed by atoms with van der Waals surface area (Å²) in [7, 11) is 0. The molecule has 2 N–H and O–H groups in total. The van der Waals surface area contributed by atoms with Crippen molar-refractivity contribution in [3.63, 3.8) is 0 Å². The fourth-order valence-electron chi connectivity index (χ4n) is 2.55. The molecular weight excluding hydrogens is 310 g/mol. The quantitative estimate of drug-likeness (QED) is 0.831. The molecule has 1 aromatic carbocycles. The number of hydrogen-bond acceptors (Lipinski definition) is 3. The summed E-state index contributed by atoms with van der Waals surface area (Å²) in [6.45, 7) is 0. The lowest BCUT2D eigenvalue weighted by Gasteiger charge is -2.27. The van der Waals surface area contributed by atoms with Gasteiger partial charge in [0.25, 0.3) is 5.91 Å². The maximum absolute atomic E-state index is 12.3. The number of carboxylic acid groups (broad SMARTS) is 1. The first-order chi connectivity index (χ1) is 10.0. The SMILES string of the molecule is CSc1ccc(Cl)c(C(=O)NC2CCC(C(=O)O)CC2)c1. The van der Waals surface area contributed by atoms with E-state index in [0.29, 0.717) is 36.3 Å². The number of halogens is 1. The highest BCUT2D eigenvalue weighted by molar-refractivity contribution is 7.98. The summed E-state index contributed by atoms with van der Waals surface area (Å²) in [5, 5.41) is 12.4. The van der Waals surface area contributed by atoms with Gasteiger partial charge in [-0.15, -0.1) is 11.8 Å². The van der Waals surface area contributed by atoms with Crippen molar-refractivity contribution in [3.05, 3.63) is 28.8 Å². The molecule has 1 aliphatic rings. The highest BCUT2D eigenvalue weighted by Gasteiger charge is 2.27. The minimum Gasteiger partial charge on any atom is -0.481 e. The Morgan fingerprint density at radius 2 is 1.95 bits per heavy atom. The van der Waals surface area contributed by atoms with Gasteiger partial charge in [-0.3, -0.25) is 9.59 Å². The monoisotopic (exact) mass is 327 g/mol. The summed E-state index contributed by atoms with van der Waals surface area (Å²) in [5.41, 5.74) is 0.476. The number of hydrogen-bond donors (Lipinski definition) is 2. The van der Waals surface area contributed by atoms with Gasteiger partial charge in [-0.2, -0.15) is 0 Å². The number of carbonyl (C=O) groups excluding carboxylic acids is 1. The molecule has 0 aliphatic heterocycles. The summed E-state index contributed by atoms with van der Waals surface area (Å²) < 4.78 is 0. The van der Waals surface area contributed by atoms with Gasteiger partial charge in [0.2, 0.25) is 0 Å². The number of carboxylic acids is 1. The van der Waals surface area contributed by atoms with Crippen molar-refractivity contribution in [2.24, 2.45) is 5.92 Å². The average Bonchev–Trinajstić information content (AvgIpc) is 2.48. The second kappa shape index (κ2) is 7.18. The molecule has 0 saturated heterocycles. The number of rotatable bonds is 4. The van der Waals surface area contributed by atoms with Crippen molar-refractivity contribution in [1.29, 1.82) is 0 Å². The van der Waals surface area contributed by atoms with E-state index < -0.39 is 5.97 Å². The molecule has 21 heavy (non-hydrogen) atoms. The summed E-state index contributed by atoms with van der Waals surface area (Å²) in [6.07, 6.45) is 4.56. The van der Waals surface area contributed by atoms with Crippen LogP contribution in [0.25, 0.3) is 0 Å². The second-order valence-electron chi connectivity index (χ2n) is 5.21. The fourth-order valence-corrected chi connectivity index (χ4v) is 3.20. The molecule has 1 aromatic rings. The van der Waals surface area contributed by atoms with E-state index >= 15 is 0 Å². The zero-order valence-electron chi connectivity index (χ0n) is 11.8. The largest absolute Gasteiger partial charge is 0.481 e. The molecule has 0 spiro atoms. The van der Waals surface area contributed by atoms with Crippen molar-refractivity contribution in [2.45, 2.75) is 36.6 Å². The van der Waals surface area contributed by atoms with E-state index in [1.165, 1.54) is 0 Å². The van der Waals surface area contributed by atoms with Crippen molar-refractivity contribution in [1.82, 2.24) is 5.32 Å². The summed E-state index contributed by atoms with van der Waals surface area (Å²) in [5.74, 6) is -1.20. The molecule has 1 saturated carbocycles. The molecule has 0 bridgehead atoms. The van der Waals surface area contributed by atoms with Crippen LogP contribution < -0.4 is 5.32 Å². The van der Waals surface area contributed by atoms with E-state index in [9.17, 15) is 9.59 Å². The lowest BCUT2D eigenvalue weighted by molar-refractivity contribution is -0.142. The third-order valence-electron chi connectivity index (χ3n) is 3.83. The summed E-state index contributed by atoms with van der Waals surface area (Å²) in [4.78, 5) is 24.2. The van der Waals surface area contributed by atoms with Crippen LogP contribution in [0.15, 0.2) is 23.1 Å². The molecule has 2 rings (SSSR count). The van der Waals surface area contributed by atoms with Gasteiger partial charge in [0.05, 0.1) is 16.5 Å². The molecule has 0 radical (unpaired) electrons. The van der Waals surface area contributed by atoms with Gasteiger partial charge in [-0.25, -0.2) is 0 Å². The maximum Gasteiger partial charge on any atom is 0.306 e. The van der Waals surface area contributed by atoms with Crippen LogP contribution in [0.2, 0.25) is 5.02 Å². The van der Waals surface area contributed by atoms with Gasteiger partial charge in [-0.1, -0.05) is 11.6 Å². The topological polar surface area (TPSA) is 66.4 Å². The lowest BCUT2D eigenvalue weighted by Crippen LogP contribution is -2.38. The van der Waals surface area contributed by atoms with E-state index in [4.69, 9.17) is 16.7 Å². The second-order valence-corrected chi connectivity index (χ2v) is 6.49. The first kappa shape index (κ1) is 16.2. The summed E-state index contributed by atoms with van der Waals surface area (Å²) >= 11 is 7.64. The molecule has 114 valence electrons. The zero-order chi connectivity index (χ0) is 15.4. The third-order valence-corrected chi connectivity index (χ3v) is 4.88. The number of thioether (sulfide) groups is 1. The standard InChI is InChI=1S/C15H18ClNO3S/c1-21-11-6-7-13(16)12(8-11)14(18)17-10-4-2-9(3-5-10)15(19)20/h6-10H,2-5H2,1H3,(H,17,18)(H,19,20). The first-order valence-electron chi connectivity index (χ1n) is 6.88. The summed E-state index contributed by atoms with van der Waals surface area (Å²) in [6, 6.07) is 5.42. The smallest absolute Gasteiger partial charge is 0.306 e. The third kappa shape index (κ3) is 4.14. The number of amides is 1. The van der Waals surface area contributed by atoms with E-state index in [1.54, 1.807) is 23.9 Å². The molecule has 1 fully saturated rings.